The van der Waals surface area contributed by atoms with E-state index >= 15 is 0 Å². The van der Waals surface area contributed by atoms with Crippen LogP contribution in [0.25, 0.3) is 0 Å². The van der Waals surface area contributed by atoms with Crippen molar-refractivity contribution in [1.29, 1.82) is 0 Å². The largest absolute Gasteiger partial charge is 0.398 e. The number of para-hydroxylation sites is 1. The molecule has 0 saturated heterocycles. The Balaban J connectivity index is 0.00000196. The Morgan fingerprint density at radius 1 is 1.33 bits per heavy atom. The van der Waals surface area contributed by atoms with Gasteiger partial charge in [0.15, 0.2) is 0 Å². The Labute approximate surface area is 97.3 Å². The lowest BCUT2D eigenvalue weighted by atomic mass is 10.0. The maximum absolute atomic E-state index is 11.5. The number of rotatable bonds is 5. The van der Waals surface area contributed by atoms with Crippen LogP contribution in [-0.2, 0) is 11.2 Å². The quantitative estimate of drug-likeness (QED) is 0.786. The van der Waals surface area contributed by atoms with Gasteiger partial charge in [-0.15, -0.1) is 12.4 Å². The molecule has 0 radical (unpaired) electrons. The van der Waals surface area contributed by atoms with E-state index in [-0.39, 0.29) is 18.2 Å². The van der Waals surface area contributed by atoms with Gasteiger partial charge in [0.2, 0.25) is 0 Å². The SMILES string of the molecule is CCCCC(=O)Cc1ccccc1N.Cl. The highest BCUT2D eigenvalue weighted by Crippen LogP contribution is 2.12. The second-order valence-electron chi connectivity index (χ2n) is 3.52. The molecule has 3 heteroatoms. The van der Waals surface area contributed by atoms with E-state index in [0.717, 1.165) is 24.1 Å². The fourth-order valence-corrected chi connectivity index (χ4v) is 1.37. The molecule has 0 bridgehead atoms. The normalized spacial score (nSPS) is 9.40. The topological polar surface area (TPSA) is 43.1 Å². The van der Waals surface area contributed by atoms with Crippen LogP contribution in [0.4, 0.5) is 5.69 Å². The number of halogens is 1. The Hall–Kier alpha value is -1.02. The van der Waals surface area contributed by atoms with Gasteiger partial charge in [-0.1, -0.05) is 31.5 Å². The highest BCUT2D eigenvalue weighted by Gasteiger charge is 2.04. The molecule has 0 aromatic heterocycles. The lowest BCUT2D eigenvalue weighted by Gasteiger charge is -2.03. The Kier molecular flexibility index (Phi) is 6.80. The van der Waals surface area contributed by atoms with Crippen LogP contribution >= 0.6 is 12.4 Å². The van der Waals surface area contributed by atoms with Gasteiger partial charge in [0.25, 0.3) is 0 Å². The summed E-state index contributed by atoms with van der Waals surface area (Å²) in [5, 5.41) is 0. The number of unbranched alkanes of at least 4 members (excludes halogenated alkanes) is 1. The van der Waals surface area contributed by atoms with Crippen molar-refractivity contribution in [3.05, 3.63) is 29.8 Å². The van der Waals surface area contributed by atoms with Crippen LogP contribution in [0.2, 0.25) is 0 Å². The molecule has 0 unspecified atom stereocenters. The average molecular weight is 228 g/mol. The average Bonchev–Trinajstić information content (AvgIpc) is 2.18. The lowest BCUT2D eigenvalue weighted by Crippen LogP contribution is -2.04. The fourth-order valence-electron chi connectivity index (χ4n) is 1.37. The van der Waals surface area contributed by atoms with E-state index in [1.54, 1.807) is 0 Å². The summed E-state index contributed by atoms with van der Waals surface area (Å²) in [6.45, 7) is 2.09. The third kappa shape index (κ3) is 4.84. The minimum Gasteiger partial charge on any atom is -0.398 e. The predicted molar refractivity (Wildman–Crippen MR) is 66.3 cm³/mol. The first kappa shape index (κ1) is 14.0. The van der Waals surface area contributed by atoms with Crippen molar-refractivity contribution in [1.82, 2.24) is 0 Å². The molecule has 0 spiro atoms. The van der Waals surface area contributed by atoms with Crippen LogP contribution in [0, 0.1) is 0 Å². The third-order valence-electron chi connectivity index (χ3n) is 2.25. The van der Waals surface area contributed by atoms with E-state index in [1.807, 2.05) is 24.3 Å². The molecule has 0 fully saturated rings. The first-order valence-electron chi connectivity index (χ1n) is 5.09. The molecule has 1 rings (SSSR count). The van der Waals surface area contributed by atoms with E-state index in [1.165, 1.54) is 0 Å². The number of nitrogen functional groups attached to an aromatic ring is 1. The van der Waals surface area contributed by atoms with E-state index < -0.39 is 0 Å². The van der Waals surface area contributed by atoms with Gasteiger partial charge in [0, 0.05) is 18.5 Å². The summed E-state index contributed by atoms with van der Waals surface area (Å²) in [4.78, 5) is 11.5. The van der Waals surface area contributed by atoms with E-state index in [2.05, 4.69) is 6.92 Å². The molecule has 84 valence electrons. The Bertz CT molecular complexity index is 312. The molecule has 0 aliphatic carbocycles. The number of carbonyl (C=O) groups excluding carboxylic acids is 1. The maximum Gasteiger partial charge on any atom is 0.137 e. The molecule has 2 nitrogen and oxygen atoms in total. The molecular formula is C12H18ClNO. The molecule has 0 atom stereocenters. The van der Waals surface area contributed by atoms with Crippen molar-refractivity contribution < 1.29 is 4.79 Å². The second-order valence-corrected chi connectivity index (χ2v) is 3.52. The number of hydrogen-bond acceptors (Lipinski definition) is 2. The smallest absolute Gasteiger partial charge is 0.137 e. The molecule has 0 aliphatic rings. The fraction of sp³-hybridized carbons (Fsp3) is 0.417. The van der Waals surface area contributed by atoms with Crippen LogP contribution in [0.3, 0.4) is 0 Å². The minimum atomic E-state index is 0. The number of anilines is 1. The zero-order valence-corrected chi connectivity index (χ0v) is 9.85. The van der Waals surface area contributed by atoms with Gasteiger partial charge < -0.3 is 5.73 Å². The Morgan fingerprint density at radius 2 is 2.00 bits per heavy atom. The monoisotopic (exact) mass is 227 g/mol. The molecule has 15 heavy (non-hydrogen) atoms. The van der Waals surface area contributed by atoms with Gasteiger partial charge in [-0.05, 0) is 18.1 Å². The summed E-state index contributed by atoms with van der Waals surface area (Å²) in [5.41, 5.74) is 7.42. The van der Waals surface area contributed by atoms with Crippen molar-refractivity contribution in [2.75, 3.05) is 5.73 Å². The highest BCUT2D eigenvalue weighted by atomic mass is 35.5. The standard InChI is InChI=1S/C12H17NO.ClH/c1-2-3-7-11(14)9-10-6-4-5-8-12(10)13;/h4-6,8H,2-3,7,9,13H2,1H3;1H. The maximum atomic E-state index is 11.5. The van der Waals surface area contributed by atoms with Gasteiger partial charge in [-0.2, -0.15) is 0 Å². The zero-order chi connectivity index (χ0) is 10.4. The summed E-state index contributed by atoms with van der Waals surface area (Å²) in [5.74, 6) is 0.282. The van der Waals surface area contributed by atoms with Crippen LogP contribution < -0.4 is 5.73 Å². The first-order valence-corrected chi connectivity index (χ1v) is 5.09. The van der Waals surface area contributed by atoms with Crippen LogP contribution in [0.5, 0.6) is 0 Å². The van der Waals surface area contributed by atoms with E-state index in [0.29, 0.717) is 12.8 Å². The van der Waals surface area contributed by atoms with Crippen molar-refractivity contribution in [3.8, 4) is 0 Å². The van der Waals surface area contributed by atoms with Gasteiger partial charge in [-0.25, -0.2) is 0 Å². The summed E-state index contributed by atoms with van der Waals surface area (Å²) < 4.78 is 0. The molecule has 0 heterocycles. The number of nitrogens with two attached hydrogens (primary N) is 1. The number of Topliss-reactive ketones (excluding diaryl/α,β-unsaturated/α-hetero) is 1. The summed E-state index contributed by atoms with van der Waals surface area (Å²) in [7, 11) is 0. The van der Waals surface area contributed by atoms with Crippen molar-refractivity contribution >= 4 is 23.9 Å². The summed E-state index contributed by atoms with van der Waals surface area (Å²) in [6.07, 6.45) is 3.19. The van der Waals surface area contributed by atoms with Crippen LogP contribution in [-0.4, -0.2) is 5.78 Å². The molecule has 0 aliphatic heterocycles. The predicted octanol–water partition coefficient (Wildman–Crippen LogP) is 2.99. The molecular weight excluding hydrogens is 210 g/mol. The van der Waals surface area contributed by atoms with Gasteiger partial charge in [0.1, 0.15) is 5.78 Å². The number of carbonyl (C=O) groups is 1. The van der Waals surface area contributed by atoms with Crippen LogP contribution in [0.1, 0.15) is 31.7 Å². The summed E-state index contributed by atoms with van der Waals surface area (Å²) in [6, 6.07) is 7.55. The molecule has 0 amide bonds. The summed E-state index contributed by atoms with van der Waals surface area (Å²) >= 11 is 0. The number of hydrogen-bond donors (Lipinski definition) is 1. The molecule has 1 aromatic rings. The molecule has 2 N–H and O–H groups in total. The lowest BCUT2D eigenvalue weighted by molar-refractivity contribution is -0.118. The third-order valence-corrected chi connectivity index (χ3v) is 2.25. The van der Waals surface area contributed by atoms with Crippen molar-refractivity contribution in [3.63, 3.8) is 0 Å². The van der Waals surface area contributed by atoms with Gasteiger partial charge in [-0.3, -0.25) is 4.79 Å². The van der Waals surface area contributed by atoms with Crippen molar-refractivity contribution in [2.45, 2.75) is 32.6 Å². The van der Waals surface area contributed by atoms with Gasteiger partial charge in [0.05, 0.1) is 0 Å². The molecule has 0 saturated carbocycles. The number of ketones is 1. The van der Waals surface area contributed by atoms with Gasteiger partial charge >= 0.3 is 0 Å². The first-order chi connectivity index (χ1) is 6.74. The van der Waals surface area contributed by atoms with Crippen molar-refractivity contribution in [2.24, 2.45) is 0 Å². The second kappa shape index (κ2) is 7.30. The Morgan fingerprint density at radius 3 is 2.60 bits per heavy atom. The van der Waals surface area contributed by atoms with E-state index in [4.69, 9.17) is 5.73 Å². The minimum absolute atomic E-state index is 0. The highest BCUT2D eigenvalue weighted by molar-refractivity contribution is 5.85. The number of benzene rings is 1. The van der Waals surface area contributed by atoms with Crippen LogP contribution in [0.15, 0.2) is 24.3 Å². The molecule has 1 aromatic carbocycles. The van der Waals surface area contributed by atoms with E-state index in [9.17, 15) is 4.79 Å². The zero-order valence-electron chi connectivity index (χ0n) is 9.03.